The molecule has 2 atom stereocenters. The van der Waals surface area contributed by atoms with Crippen LogP contribution >= 0.6 is 0 Å². The Bertz CT molecular complexity index is 623. The Kier molecular flexibility index (Phi) is 5.27. The molecule has 2 N–H and O–H groups in total. The summed E-state index contributed by atoms with van der Waals surface area (Å²) in [5.41, 5.74) is 6.72. The lowest BCUT2D eigenvalue weighted by Gasteiger charge is -2.34. The third-order valence-electron chi connectivity index (χ3n) is 5.62. The van der Waals surface area contributed by atoms with E-state index in [1.807, 2.05) is 29.2 Å². The number of carbonyl (C=O) groups excluding carboxylic acids is 2. The van der Waals surface area contributed by atoms with Gasteiger partial charge in [0, 0.05) is 26.6 Å². The minimum absolute atomic E-state index is 0.0241. The van der Waals surface area contributed by atoms with Gasteiger partial charge >= 0.3 is 0 Å². The molecule has 0 aliphatic carbocycles. The van der Waals surface area contributed by atoms with Gasteiger partial charge in [-0.2, -0.15) is 0 Å². The average Bonchev–Trinajstić information content (AvgIpc) is 2.96. The minimum Gasteiger partial charge on any atom is -0.497 e. The van der Waals surface area contributed by atoms with E-state index in [9.17, 15) is 9.59 Å². The van der Waals surface area contributed by atoms with Crippen LogP contribution < -0.4 is 10.5 Å². The summed E-state index contributed by atoms with van der Waals surface area (Å²) in [5.74, 6) is 1.07. The number of piperidine rings is 1. The largest absolute Gasteiger partial charge is 0.497 e. The molecular weight excluding hydrogens is 318 g/mol. The van der Waals surface area contributed by atoms with Gasteiger partial charge in [0.25, 0.3) is 0 Å². The van der Waals surface area contributed by atoms with E-state index in [-0.39, 0.29) is 30.2 Å². The molecule has 6 heteroatoms. The molecule has 1 aromatic carbocycles. The van der Waals surface area contributed by atoms with Gasteiger partial charge < -0.3 is 20.3 Å². The number of ether oxygens (including phenoxy) is 1. The highest BCUT2D eigenvalue weighted by Crippen LogP contribution is 2.39. The molecule has 0 bridgehead atoms. The Morgan fingerprint density at radius 3 is 2.44 bits per heavy atom. The van der Waals surface area contributed by atoms with Gasteiger partial charge in [0.2, 0.25) is 11.8 Å². The number of amides is 2. The maximum Gasteiger partial charge on any atom is 0.228 e. The number of nitrogens with zero attached hydrogens (tertiary/aromatic N) is 2. The summed E-state index contributed by atoms with van der Waals surface area (Å²) in [6.07, 6.45) is 2.18. The van der Waals surface area contributed by atoms with Crippen LogP contribution in [0.5, 0.6) is 5.75 Å². The zero-order valence-corrected chi connectivity index (χ0v) is 15.0. The summed E-state index contributed by atoms with van der Waals surface area (Å²) >= 11 is 0. The molecule has 0 radical (unpaired) electrons. The number of hydrogen-bond donors (Lipinski definition) is 1. The Labute approximate surface area is 148 Å². The second kappa shape index (κ2) is 7.44. The van der Waals surface area contributed by atoms with Gasteiger partial charge in [-0.1, -0.05) is 12.1 Å². The molecular formula is C19H27N3O3. The monoisotopic (exact) mass is 345 g/mol. The number of nitrogens with two attached hydrogens (primary N) is 1. The Balaban J connectivity index is 1.78. The van der Waals surface area contributed by atoms with Gasteiger partial charge in [-0.15, -0.1) is 0 Å². The van der Waals surface area contributed by atoms with Crippen LogP contribution in [0.1, 0.15) is 30.9 Å². The van der Waals surface area contributed by atoms with Crippen molar-refractivity contribution >= 4 is 11.8 Å². The molecule has 2 aliphatic rings. The van der Waals surface area contributed by atoms with Gasteiger partial charge in [0.15, 0.2) is 0 Å². The first kappa shape index (κ1) is 17.7. The topological polar surface area (TPSA) is 75.9 Å². The molecule has 0 spiro atoms. The highest BCUT2D eigenvalue weighted by molar-refractivity contribution is 5.90. The van der Waals surface area contributed by atoms with Crippen LogP contribution in [0.15, 0.2) is 24.3 Å². The number of likely N-dealkylation sites (tertiary alicyclic amines) is 2. The zero-order valence-electron chi connectivity index (χ0n) is 15.0. The Morgan fingerprint density at radius 2 is 1.88 bits per heavy atom. The molecule has 136 valence electrons. The van der Waals surface area contributed by atoms with Crippen molar-refractivity contribution in [2.24, 2.45) is 17.6 Å². The van der Waals surface area contributed by atoms with E-state index in [1.165, 1.54) is 0 Å². The van der Waals surface area contributed by atoms with Crippen molar-refractivity contribution in [2.75, 3.05) is 33.8 Å². The fraction of sp³-hybridized carbons (Fsp3) is 0.579. The van der Waals surface area contributed by atoms with Crippen molar-refractivity contribution in [1.82, 2.24) is 9.80 Å². The van der Waals surface area contributed by atoms with Crippen LogP contribution in [0, 0.1) is 11.8 Å². The standard InChI is InChI=1S/C19H27N3O3/c1-21-17(23)11-16(18(21)14-3-5-15(25-2)6-4-14)19(24)22-9-7-13(12-20)8-10-22/h3-6,13,16,18H,7-12,20H2,1-2H3/t16-,18-/m1/s1. The lowest BCUT2D eigenvalue weighted by atomic mass is 9.90. The summed E-state index contributed by atoms with van der Waals surface area (Å²) in [6, 6.07) is 7.43. The molecule has 6 nitrogen and oxygen atoms in total. The van der Waals surface area contributed by atoms with Gasteiger partial charge in [-0.3, -0.25) is 9.59 Å². The number of rotatable bonds is 4. The van der Waals surface area contributed by atoms with E-state index in [4.69, 9.17) is 10.5 Å². The first-order valence-corrected chi connectivity index (χ1v) is 8.93. The average molecular weight is 345 g/mol. The molecule has 0 unspecified atom stereocenters. The Morgan fingerprint density at radius 1 is 1.24 bits per heavy atom. The second-order valence-electron chi connectivity index (χ2n) is 7.04. The number of hydrogen-bond acceptors (Lipinski definition) is 4. The van der Waals surface area contributed by atoms with Crippen molar-refractivity contribution in [1.29, 1.82) is 0 Å². The molecule has 2 saturated heterocycles. The van der Waals surface area contributed by atoms with E-state index in [0.29, 0.717) is 12.5 Å². The van der Waals surface area contributed by atoms with Crippen LogP contribution in [0.3, 0.4) is 0 Å². The van der Waals surface area contributed by atoms with Crippen LogP contribution in [-0.2, 0) is 9.59 Å². The first-order chi connectivity index (χ1) is 12.0. The van der Waals surface area contributed by atoms with Gasteiger partial charge in [0.05, 0.1) is 19.1 Å². The molecule has 3 rings (SSSR count). The summed E-state index contributed by atoms with van der Waals surface area (Å²) < 4.78 is 5.20. The van der Waals surface area contributed by atoms with Gasteiger partial charge in [-0.05, 0) is 43.0 Å². The van der Waals surface area contributed by atoms with E-state index in [0.717, 1.165) is 37.2 Å². The third-order valence-corrected chi connectivity index (χ3v) is 5.62. The molecule has 1 aromatic rings. The fourth-order valence-corrected chi connectivity index (χ4v) is 3.97. The predicted octanol–water partition coefficient (Wildman–Crippen LogP) is 1.41. The third kappa shape index (κ3) is 3.49. The second-order valence-corrected chi connectivity index (χ2v) is 7.04. The van der Waals surface area contributed by atoms with E-state index in [2.05, 4.69) is 0 Å². The lowest BCUT2D eigenvalue weighted by Crippen LogP contribution is -2.44. The smallest absolute Gasteiger partial charge is 0.228 e. The summed E-state index contributed by atoms with van der Waals surface area (Å²) in [7, 11) is 3.41. The van der Waals surface area contributed by atoms with E-state index >= 15 is 0 Å². The fourth-order valence-electron chi connectivity index (χ4n) is 3.97. The highest BCUT2D eigenvalue weighted by Gasteiger charge is 2.44. The first-order valence-electron chi connectivity index (χ1n) is 8.93. The van der Waals surface area contributed by atoms with Crippen molar-refractivity contribution < 1.29 is 14.3 Å². The number of methoxy groups -OCH3 is 1. The van der Waals surface area contributed by atoms with Gasteiger partial charge in [0.1, 0.15) is 5.75 Å². The summed E-state index contributed by atoms with van der Waals surface area (Å²) in [6.45, 7) is 2.16. The zero-order chi connectivity index (χ0) is 18.0. The number of benzene rings is 1. The number of carbonyl (C=O) groups is 2. The van der Waals surface area contributed by atoms with Crippen molar-refractivity contribution in [2.45, 2.75) is 25.3 Å². The SMILES string of the molecule is COc1ccc([C@@H]2[C@H](C(=O)N3CCC(CN)CC3)CC(=O)N2C)cc1. The maximum atomic E-state index is 13.1. The van der Waals surface area contributed by atoms with Crippen LogP contribution in [0.4, 0.5) is 0 Å². The van der Waals surface area contributed by atoms with E-state index in [1.54, 1.807) is 19.1 Å². The quantitative estimate of drug-likeness (QED) is 0.895. The molecule has 2 amide bonds. The highest BCUT2D eigenvalue weighted by atomic mass is 16.5. The lowest BCUT2D eigenvalue weighted by molar-refractivity contribution is -0.138. The van der Waals surface area contributed by atoms with Crippen LogP contribution in [0.2, 0.25) is 0 Å². The Hall–Kier alpha value is -2.08. The van der Waals surface area contributed by atoms with Crippen molar-refractivity contribution in [3.05, 3.63) is 29.8 Å². The molecule has 25 heavy (non-hydrogen) atoms. The van der Waals surface area contributed by atoms with Crippen LogP contribution in [0.25, 0.3) is 0 Å². The van der Waals surface area contributed by atoms with Crippen LogP contribution in [-0.4, -0.2) is 55.4 Å². The van der Waals surface area contributed by atoms with Crippen molar-refractivity contribution in [3.8, 4) is 5.75 Å². The van der Waals surface area contributed by atoms with Crippen molar-refractivity contribution in [3.63, 3.8) is 0 Å². The molecule has 2 fully saturated rings. The summed E-state index contributed by atoms with van der Waals surface area (Å²) in [5, 5.41) is 0. The molecule has 0 saturated carbocycles. The van der Waals surface area contributed by atoms with E-state index < -0.39 is 0 Å². The minimum atomic E-state index is -0.319. The normalized spacial score (nSPS) is 24.7. The molecule has 2 aliphatic heterocycles. The van der Waals surface area contributed by atoms with Gasteiger partial charge in [-0.25, -0.2) is 0 Å². The summed E-state index contributed by atoms with van der Waals surface area (Å²) in [4.78, 5) is 29.0. The predicted molar refractivity (Wildman–Crippen MR) is 95.0 cm³/mol. The molecule has 0 aromatic heterocycles. The molecule has 2 heterocycles. The maximum absolute atomic E-state index is 13.1.